The van der Waals surface area contributed by atoms with E-state index in [1.165, 1.54) is 9.13 Å². The lowest BCUT2D eigenvalue weighted by Gasteiger charge is -2.18. The maximum Gasteiger partial charge on any atom is 0.332 e. The van der Waals surface area contributed by atoms with E-state index in [2.05, 4.69) is 28.9 Å². The predicted octanol–water partition coefficient (Wildman–Crippen LogP) is 2.01. The van der Waals surface area contributed by atoms with Gasteiger partial charge in [-0.3, -0.25) is 13.9 Å². The zero-order valence-corrected chi connectivity index (χ0v) is 15.6. The van der Waals surface area contributed by atoms with Crippen LogP contribution in [0.15, 0.2) is 33.9 Å². The minimum absolute atomic E-state index is 0.210. The predicted molar refractivity (Wildman–Crippen MR) is 102 cm³/mol. The standard InChI is InChI=1S/C19H23N5O2/c1-12(2)11-24-17(25)15-16(21(4)19(24)26)20-18-22(9-10-23(15)18)14-8-6-5-7-13(14)3/h5-8,12H,9-11H2,1-4H3. The Morgan fingerprint density at radius 1 is 1.15 bits per heavy atom. The lowest BCUT2D eigenvalue weighted by molar-refractivity contribution is 0.484. The van der Waals surface area contributed by atoms with Gasteiger partial charge in [-0.2, -0.15) is 4.98 Å². The van der Waals surface area contributed by atoms with Crippen LogP contribution in [0.4, 0.5) is 11.6 Å². The minimum Gasteiger partial charge on any atom is -0.310 e. The molecule has 0 bridgehead atoms. The number of benzene rings is 1. The fraction of sp³-hybridized carbons (Fsp3) is 0.421. The van der Waals surface area contributed by atoms with Crippen LogP contribution < -0.4 is 16.1 Å². The number of anilines is 2. The Morgan fingerprint density at radius 3 is 2.58 bits per heavy atom. The Morgan fingerprint density at radius 2 is 1.88 bits per heavy atom. The minimum atomic E-state index is -0.310. The molecule has 1 aliphatic heterocycles. The Hall–Kier alpha value is -2.83. The number of imidazole rings is 1. The first kappa shape index (κ1) is 16.6. The molecule has 0 saturated heterocycles. The van der Waals surface area contributed by atoms with Gasteiger partial charge in [0.2, 0.25) is 5.95 Å². The number of para-hydroxylation sites is 1. The van der Waals surface area contributed by atoms with E-state index in [9.17, 15) is 9.59 Å². The van der Waals surface area contributed by atoms with Crippen molar-refractivity contribution in [3.8, 4) is 0 Å². The molecular formula is C19H23N5O2. The van der Waals surface area contributed by atoms with Gasteiger partial charge in [0, 0.05) is 32.4 Å². The van der Waals surface area contributed by atoms with Crippen LogP contribution in [0.2, 0.25) is 0 Å². The largest absolute Gasteiger partial charge is 0.332 e. The van der Waals surface area contributed by atoms with E-state index in [1.807, 2.05) is 30.5 Å². The summed E-state index contributed by atoms with van der Waals surface area (Å²) in [6, 6.07) is 8.12. The number of nitrogens with zero attached hydrogens (tertiary/aromatic N) is 5. The molecule has 4 rings (SSSR count). The van der Waals surface area contributed by atoms with Gasteiger partial charge in [0.1, 0.15) is 0 Å². The highest BCUT2D eigenvalue weighted by atomic mass is 16.2. The number of aromatic nitrogens is 4. The zero-order valence-electron chi connectivity index (χ0n) is 15.6. The molecule has 7 heteroatoms. The van der Waals surface area contributed by atoms with Crippen molar-refractivity contribution in [3.05, 3.63) is 50.7 Å². The summed E-state index contributed by atoms with van der Waals surface area (Å²) in [5, 5.41) is 0. The van der Waals surface area contributed by atoms with Crippen molar-refractivity contribution in [3.63, 3.8) is 0 Å². The first-order valence-electron chi connectivity index (χ1n) is 8.93. The molecule has 3 heterocycles. The molecule has 0 radical (unpaired) electrons. The van der Waals surface area contributed by atoms with Crippen LogP contribution in [0.1, 0.15) is 19.4 Å². The van der Waals surface area contributed by atoms with Crippen LogP contribution >= 0.6 is 0 Å². The quantitative estimate of drug-likeness (QED) is 0.723. The van der Waals surface area contributed by atoms with Crippen LogP contribution in [0.25, 0.3) is 11.2 Å². The first-order chi connectivity index (χ1) is 12.4. The number of rotatable bonds is 3. The van der Waals surface area contributed by atoms with Crippen molar-refractivity contribution in [1.82, 2.24) is 18.7 Å². The molecule has 136 valence electrons. The van der Waals surface area contributed by atoms with Gasteiger partial charge in [-0.05, 0) is 24.5 Å². The Labute approximate surface area is 151 Å². The molecule has 0 amide bonds. The average molecular weight is 353 g/mol. The van der Waals surface area contributed by atoms with Gasteiger partial charge in [0.05, 0.1) is 0 Å². The number of aryl methyl sites for hydroxylation is 2. The molecule has 1 aromatic carbocycles. The van der Waals surface area contributed by atoms with Crippen LogP contribution in [0, 0.1) is 12.8 Å². The van der Waals surface area contributed by atoms with E-state index in [-0.39, 0.29) is 17.2 Å². The van der Waals surface area contributed by atoms with Gasteiger partial charge >= 0.3 is 5.69 Å². The topological polar surface area (TPSA) is 65.1 Å². The van der Waals surface area contributed by atoms with Crippen LogP contribution in [-0.2, 0) is 20.1 Å². The molecule has 3 aromatic rings. The van der Waals surface area contributed by atoms with Gasteiger partial charge in [0.25, 0.3) is 5.56 Å². The highest BCUT2D eigenvalue weighted by Gasteiger charge is 2.29. The molecule has 0 atom stereocenters. The average Bonchev–Trinajstić information content (AvgIpc) is 3.16. The Kier molecular flexibility index (Phi) is 3.75. The number of hydrogen-bond acceptors (Lipinski definition) is 4. The van der Waals surface area contributed by atoms with Crippen molar-refractivity contribution >= 4 is 22.8 Å². The van der Waals surface area contributed by atoms with E-state index in [4.69, 9.17) is 0 Å². The van der Waals surface area contributed by atoms with Crippen LogP contribution in [-0.4, -0.2) is 25.2 Å². The third-order valence-corrected chi connectivity index (χ3v) is 4.95. The summed E-state index contributed by atoms with van der Waals surface area (Å²) in [5.74, 6) is 0.936. The zero-order chi connectivity index (χ0) is 18.6. The van der Waals surface area contributed by atoms with Crippen molar-refractivity contribution in [2.24, 2.45) is 13.0 Å². The van der Waals surface area contributed by atoms with Crippen molar-refractivity contribution < 1.29 is 0 Å². The third kappa shape index (κ3) is 2.30. The van der Waals surface area contributed by atoms with Crippen molar-refractivity contribution in [1.29, 1.82) is 0 Å². The molecule has 26 heavy (non-hydrogen) atoms. The Balaban J connectivity index is 1.97. The van der Waals surface area contributed by atoms with E-state index in [1.54, 1.807) is 7.05 Å². The monoisotopic (exact) mass is 353 g/mol. The summed E-state index contributed by atoms with van der Waals surface area (Å²) >= 11 is 0. The molecule has 0 N–H and O–H groups in total. The van der Waals surface area contributed by atoms with E-state index in [0.717, 1.165) is 23.7 Å². The maximum absolute atomic E-state index is 13.0. The van der Waals surface area contributed by atoms with Gasteiger partial charge < -0.3 is 9.47 Å². The van der Waals surface area contributed by atoms with E-state index < -0.39 is 0 Å². The summed E-state index contributed by atoms with van der Waals surface area (Å²) in [6.07, 6.45) is 0. The summed E-state index contributed by atoms with van der Waals surface area (Å²) < 4.78 is 4.76. The molecule has 0 fully saturated rings. The molecule has 0 spiro atoms. The summed E-state index contributed by atoms with van der Waals surface area (Å²) in [6.45, 7) is 7.90. The molecule has 1 aliphatic rings. The van der Waals surface area contributed by atoms with Gasteiger partial charge in [0.15, 0.2) is 11.2 Å². The highest BCUT2D eigenvalue weighted by Crippen LogP contribution is 2.33. The second kappa shape index (κ2) is 5.86. The fourth-order valence-electron chi connectivity index (χ4n) is 3.70. The molecule has 0 saturated carbocycles. The van der Waals surface area contributed by atoms with Crippen LogP contribution in [0.3, 0.4) is 0 Å². The fourth-order valence-corrected chi connectivity index (χ4v) is 3.70. The normalized spacial score (nSPS) is 13.8. The second-order valence-electron chi connectivity index (χ2n) is 7.32. The number of hydrogen-bond donors (Lipinski definition) is 0. The Bertz CT molecular complexity index is 1120. The maximum atomic E-state index is 13.0. The van der Waals surface area contributed by atoms with E-state index >= 15 is 0 Å². The smallest absolute Gasteiger partial charge is 0.310 e. The van der Waals surface area contributed by atoms with Gasteiger partial charge in [-0.25, -0.2) is 4.79 Å². The molecule has 7 nitrogen and oxygen atoms in total. The highest BCUT2D eigenvalue weighted by molar-refractivity contribution is 5.78. The van der Waals surface area contributed by atoms with Crippen LogP contribution in [0.5, 0.6) is 0 Å². The SMILES string of the molecule is Cc1ccccc1N1CCn2c1nc1c2c(=O)n(CC(C)C)c(=O)n1C. The number of fused-ring (bicyclic) bond motifs is 3. The van der Waals surface area contributed by atoms with Gasteiger partial charge in [-0.1, -0.05) is 32.0 Å². The lowest BCUT2D eigenvalue weighted by atomic mass is 10.2. The first-order valence-corrected chi connectivity index (χ1v) is 8.93. The summed E-state index contributed by atoms with van der Waals surface area (Å²) in [7, 11) is 1.68. The molecular weight excluding hydrogens is 330 g/mol. The van der Waals surface area contributed by atoms with Crippen molar-refractivity contribution in [2.45, 2.75) is 33.9 Å². The van der Waals surface area contributed by atoms with Crippen molar-refractivity contribution in [2.75, 3.05) is 11.4 Å². The molecule has 2 aromatic heterocycles. The third-order valence-electron chi connectivity index (χ3n) is 4.95. The second-order valence-corrected chi connectivity index (χ2v) is 7.32. The molecule has 0 aliphatic carbocycles. The lowest BCUT2D eigenvalue weighted by Crippen LogP contribution is -2.40. The summed E-state index contributed by atoms with van der Waals surface area (Å²) in [5.41, 5.74) is 2.64. The van der Waals surface area contributed by atoms with E-state index in [0.29, 0.717) is 24.3 Å². The molecule has 0 unspecified atom stereocenters. The summed E-state index contributed by atoms with van der Waals surface area (Å²) in [4.78, 5) is 32.5. The van der Waals surface area contributed by atoms with Gasteiger partial charge in [-0.15, -0.1) is 0 Å².